The molecule has 1 rings (SSSR count). The van der Waals surface area contributed by atoms with Crippen molar-refractivity contribution in [2.45, 2.75) is 0 Å². The zero-order chi connectivity index (χ0) is 8.97. The summed E-state index contributed by atoms with van der Waals surface area (Å²) in [5, 5.41) is 8.69. The lowest BCUT2D eigenvalue weighted by Crippen LogP contribution is -2.02. The summed E-state index contributed by atoms with van der Waals surface area (Å²) in [7, 11) is 0. The average molecular weight is 165 g/mol. The highest BCUT2D eigenvalue weighted by atomic mass is 16.5. The molecule has 12 heavy (non-hydrogen) atoms. The quantitative estimate of drug-likeness (QED) is 0.739. The minimum absolute atomic E-state index is 0.168. The summed E-state index contributed by atoms with van der Waals surface area (Å²) in [6, 6.07) is 6.47. The molecule has 0 heterocycles. The first kappa shape index (κ1) is 8.59. The highest BCUT2D eigenvalue weighted by molar-refractivity contribution is 5.90. The largest absolute Gasteiger partial charge is 0.493 e. The number of ether oxygens (including phenoxy) is 1. The maximum absolute atomic E-state index is 10.6. The lowest BCUT2D eigenvalue weighted by molar-refractivity contribution is 0.0693. The van der Waals surface area contributed by atoms with Gasteiger partial charge < -0.3 is 9.84 Å². The first-order chi connectivity index (χ1) is 5.75. The lowest BCUT2D eigenvalue weighted by Gasteiger charge is -2.05. The highest BCUT2D eigenvalue weighted by Gasteiger charge is 2.08. The van der Waals surface area contributed by atoms with E-state index in [1.807, 2.05) is 0 Å². The Morgan fingerprint density at radius 3 is 2.75 bits per heavy atom. The van der Waals surface area contributed by atoms with Crippen LogP contribution in [0.5, 0.6) is 5.75 Å². The van der Waals surface area contributed by atoms with Crippen LogP contribution in [0.25, 0.3) is 0 Å². The van der Waals surface area contributed by atoms with Crippen molar-refractivity contribution in [3.8, 4) is 5.75 Å². The fraction of sp³-hybridized carbons (Fsp3) is 0.111. The fourth-order valence-corrected chi connectivity index (χ4v) is 0.879. The molecule has 63 valence electrons. The van der Waals surface area contributed by atoms with Crippen molar-refractivity contribution in [1.82, 2.24) is 0 Å². The maximum atomic E-state index is 10.6. The number of aromatic carboxylic acids is 1. The second kappa shape index (κ2) is 3.76. The zero-order valence-corrected chi connectivity index (χ0v) is 6.49. The standard InChI is InChI=1S/C9H9O3/c1-2-12-8-6-4-3-5-7(8)9(10)11/h3-6H,1-2H2,(H,10,11). The van der Waals surface area contributed by atoms with Crippen molar-refractivity contribution in [3.63, 3.8) is 0 Å². The molecule has 0 saturated heterocycles. The third-order valence-electron chi connectivity index (χ3n) is 1.38. The van der Waals surface area contributed by atoms with Gasteiger partial charge in [-0.25, -0.2) is 4.79 Å². The summed E-state index contributed by atoms with van der Waals surface area (Å²) >= 11 is 0. The average Bonchev–Trinajstić information content (AvgIpc) is 2.05. The van der Waals surface area contributed by atoms with Gasteiger partial charge in [-0.05, 0) is 19.1 Å². The van der Waals surface area contributed by atoms with Gasteiger partial charge in [-0.2, -0.15) is 0 Å². The molecule has 0 aliphatic heterocycles. The van der Waals surface area contributed by atoms with Gasteiger partial charge in [0, 0.05) is 0 Å². The van der Waals surface area contributed by atoms with Crippen LogP contribution in [0.1, 0.15) is 10.4 Å². The number of para-hydroxylation sites is 1. The number of hydrogen-bond acceptors (Lipinski definition) is 2. The van der Waals surface area contributed by atoms with Gasteiger partial charge in [0.1, 0.15) is 11.3 Å². The normalized spacial score (nSPS) is 9.42. The third kappa shape index (κ3) is 1.75. The highest BCUT2D eigenvalue weighted by Crippen LogP contribution is 2.17. The minimum Gasteiger partial charge on any atom is -0.493 e. The summed E-state index contributed by atoms with van der Waals surface area (Å²) < 4.78 is 5.01. The van der Waals surface area contributed by atoms with Gasteiger partial charge in [0.2, 0.25) is 0 Å². The molecule has 0 aromatic heterocycles. The lowest BCUT2D eigenvalue weighted by atomic mass is 10.2. The van der Waals surface area contributed by atoms with Crippen molar-refractivity contribution < 1.29 is 14.6 Å². The summed E-state index contributed by atoms with van der Waals surface area (Å²) in [5.41, 5.74) is 0.168. The molecular formula is C9H9O3. The molecule has 0 aliphatic rings. The summed E-state index contributed by atoms with van der Waals surface area (Å²) in [5.74, 6) is -0.626. The van der Waals surface area contributed by atoms with Crippen molar-refractivity contribution in [2.24, 2.45) is 0 Å². The maximum Gasteiger partial charge on any atom is 0.339 e. The molecule has 1 N–H and O–H groups in total. The van der Waals surface area contributed by atoms with E-state index in [4.69, 9.17) is 9.84 Å². The summed E-state index contributed by atoms with van der Waals surface area (Å²) in [6.07, 6.45) is 0. The van der Waals surface area contributed by atoms with Crippen LogP contribution in [-0.2, 0) is 0 Å². The van der Waals surface area contributed by atoms with E-state index in [1.54, 1.807) is 18.2 Å². The Hall–Kier alpha value is -1.51. The van der Waals surface area contributed by atoms with Crippen LogP contribution < -0.4 is 4.74 Å². The van der Waals surface area contributed by atoms with Crippen LogP contribution in [-0.4, -0.2) is 17.7 Å². The van der Waals surface area contributed by atoms with E-state index in [-0.39, 0.29) is 12.2 Å². The first-order valence-corrected chi connectivity index (χ1v) is 3.50. The van der Waals surface area contributed by atoms with Gasteiger partial charge in [0.05, 0.1) is 6.61 Å². The zero-order valence-electron chi connectivity index (χ0n) is 6.49. The molecular weight excluding hydrogens is 156 g/mol. The van der Waals surface area contributed by atoms with Crippen LogP contribution in [0.4, 0.5) is 0 Å². The molecule has 0 spiro atoms. The minimum atomic E-state index is -0.987. The molecule has 0 atom stereocenters. The molecule has 0 saturated carbocycles. The molecule has 0 unspecified atom stereocenters. The Kier molecular flexibility index (Phi) is 2.69. The second-order valence-corrected chi connectivity index (χ2v) is 2.15. The second-order valence-electron chi connectivity index (χ2n) is 2.15. The van der Waals surface area contributed by atoms with Gasteiger partial charge in [-0.15, -0.1) is 0 Å². The molecule has 1 aromatic rings. The Labute approximate surface area is 70.6 Å². The topological polar surface area (TPSA) is 46.5 Å². The van der Waals surface area contributed by atoms with E-state index in [2.05, 4.69) is 6.92 Å². The predicted octanol–water partition coefficient (Wildman–Crippen LogP) is 1.60. The number of benzene rings is 1. The van der Waals surface area contributed by atoms with Crippen LogP contribution >= 0.6 is 0 Å². The molecule has 1 aromatic carbocycles. The van der Waals surface area contributed by atoms with E-state index in [9.17, 15) is 4.79 Å². The van der Waals surface area contributed by atoms with Gasteiger partial charge in [-0.1, -0.05) is 12.1 Å². The number of carboxylic acids is 1. The number of carboxylic acid groups (broad SMARTS) is 1. The molecule has 0 aliphatic carbocycles. The molecule has 3 heteroatoms. The Morgan fingerprint density at radius 1 is 1.50 bits per heavy atom. The molecule has 0 bridgehead atoms. The Balaban J connectivity index is 3.00. The predicted molar refractivity (Wildman–Crippen MR) is 44.3 cm³/mol. The van der Waals surface area contributed by atoms with E-state index in [0.29, 0.717) is 5.75 Å². The van der Waals surface area contributed by atoms with Crippen LogP contribution in [0.2, 0.25) is 0 Å². The van der Waals surface area contributed by atoms with Crippen molar-refractivity contribution >= 4 is 5.97 Å². The van der Waals surface area contributed by atoms with E-state index in [0.717, 1.165) is 0 Å². The van der Waals surface area contributed by atoms with Crippen LogP contribution in [0.15, 0.2) is 24.3 Å². The van der Waals surface area contributed by atoms with Crippen LogP contribution in [0.3, 0.4) is 0 Å². The van der Waals surface area contributed by atoms with Gasteiger partial charge in [0.15, 0.2) is 0 Å². The fourth-order valence-electron chi connectivity index (χ4n) is 0.879. The molecule has 3 nitrogen and oxygen atoms in total. The number of rotatable bonds is 3. The Bertz CT molecular complexity index is 281. The van der Waals surface area contributed by atoms with Crippen LogP contribution in [0, 0.1) is 6.92 Å². The molecule has 0 fully saturated rings. The van der Waals surface area contributed by atoms with E-state index in [1.165, 1.54) is 6.07 Å². The van der Waals surface area contributed by atoms with E-state index < -0.39 is 5.97 Å². The van der Waals surface area contributed by atoms with Crippen molar-refractivity contribution in [1.29, 1.82) is 0 Å². The smallest absolute Gasteiger partial charge is 0.339 e. The monoisotopic (exact) mass is 165 g/mol. The molecule has 0 amide bonds. The Morgan fingerprint density at radius 2 is 2.17 bits per heavy atom. The van der Waals surface area contributed by atoms with E-state index >= 15 is 0 Å². The SMILES string of the molecule is [CH2]COc1ccccc1C(=O)O. The number of hydrogen-bond donors (Lipinski definition) is 1. The van der Waals surface area contributed by atoms with Gasteiger partial charge in [-0.3, -0.25) is 0 Å². The van der Waals surface area contributed by atoms with Gasteiger partial charge >= 0.3 is 5.97 Å². The van der Waals surface area contributed by atoms with Crippen molar-refractivity contribution in [2.75, 3.05) is 6.61 Å². The van der Waals surface area contributed by atoms with Crippen molar-refractivity contribution in [3.05, 3.63) is 36.8 Å². The summed E-state index contributed by atoms with van der Waals surface area (Å²) in [6.45, 7) is 3.69. The third-order valence-corrected chi connectivity index (χ3v) is 1.38. The van der Waals surface area contributed by atoms with Gasteiger partial charge in [0.25, 0.3) is 0 Å². The number of carbonyl (C=O) groups is 1. The molecule has 1 radical (unpaired) electrons. The first-order valence-electron chi connectivity index (χ1n) is 3.50. The summed E-state index contributed by atoms with van der Waals surface area (Å²) in [4.78, 5) is 10.6.